The number of guanidine groups is 2. The van der Waals surface area contributed by atoms with Crippen LogP contribution in [0.3, 0.4) is 0 Å². The predicted octanol–water partition coefficient (Wildman–Crippen LogP) is 3.83. The topological polar surface area (TPSA) is 89.2 Å². The third-order valence-electron chi connectivity index (χ3n) is 3.87. The Bertz CT molecular complexity index is 829. The first kappa shape index (κ1) is 21.2. The molecule has 1 atom stereocenters. The Morgan fingerprint density at radius 3 is 2.48 bits per heavy atom. The molecule has 3 rings (SSSR count). The molecule has 0 aromatic heterocycles. The van der Waals surface area contributed by atoms with Gasteiger partial charge >= 0.3 is 0 Å². The fourth-order valence-electron chi connectivity index (χ4n) is 2.64. The smallest absolute Gasteiger partial charge is 0.220 e. The van der Waals surface area contributed by atoms with Crippen LogP contribution in [-0.2, 0) is 0 Å². The molecule has 0 saturated carbocycles. The quantitative estimate of drug-likeness (QED) is 0.684. The number of aliphatic imine (C=N–C) groups is 2. The number of hydrogen-bond donors (Lipinski definition) is 2. The summed E-state index contributed by atoms with van der Waals surface area (Å²) in [5.74, 6) is 1.20. The molecule has 6 nitrogen and oxygen atoms in total. The Morgan fingerprint density at radius 2 is 1.78 bits per heavy atom. The van der Waals surface area contributed by atoms with Crippen LogP contribution in [-0.4, -0.2) is 30.0 Å². The van der Waals surface area contributed by atoms with Crippen molar-refractivity contribution in [2.45, 2.75) is 12.6 Å². The van der Waals surface area contributed by atoms with E-state index >= 15 is 0 Å². The van der Waals surface area contributed by atoms with Gasteiger partial charge in [0.25, 0.3) is 0 Å². The maximum absolute atomic E-state index is 6.07. The fraction of sp³-hybridized carbons (Fsp3) is 0.222. The largest absolute Gasteiger partial charge is 0.493 e. The van der Waals surface area contributed by atoms with Crippen LogP contribution in [0.2, 0.25) is 10.0 Å². The average Bonchev–Trinajstić information content (AvgIpc) is 2.63. The van der Waals surface area contributed by atoms with E-state index in [1.165, 1.54) is 0 Å². The second-order valence-corrected chi connectivity index (χ2v) is 6.53. The minimum atomic E-state index is -0.293. The average molecular weight is 429 g/mol. The van der Waals surface area contributed by atoms with Gasteiger partial charge in [-0.1, -0.05) is 53.5 Å². The zero-order chi connectivity index (χ0) is 18.5. The number of rotatable bonds is 6. The molecule has 27 heavy (non-hydrogen) atoms. The molecule has 2 aromatic carbocycles. The molecule has 1 unspecified atom stereocenters. The summed E-state index contributed by atoms with van der Waals surface area (Å²) in [5.41, 5.74) is 12.8. The Labute approximate surface area is 174 Å². The molecule has 0 spiro atoms. The van der Waals surface area contributed by atoms with E-state index in [0.29, 0.717) is 34.9 Å². The van der Waals surface area contributed by atoms with Gasteiger partial charge in [0.2, 0.25) is 11.9 Å². The summed E-state index contributed by atoms with van der Waals surface area (Å²) < 4.78 is 5.72. The van der Waals surface area contributed by atoms with Gasteiger partial charge in [-0.2, -0.15) is 4.99 Å². The highest BCUT2D eigenvalue weighted by Gasteiger charge is 2.25. The Kier molecular flexibility index (Phi) is 7.59. The summed E-state index contributed by atoms with van der Waals surface area (Å²) in [6, 6.07) is 15.0. The van der Waals surface area contributed by atoms with Gasteiger partial charge in [0.1, 0.15) is 5.75 Å². The number of nitrogens with zero attached hydrogens (tertiary/aromatic N) is 3. The highest BCUT2D eigenvalue weighted by molar-refractivity contribution is 6.42. The van der Waals surface area contributed by atoms with Gasteiger partial charge in [-0.05, 0) is 24.1 Å². The van der Waals surface area contributed by atoms with Crippen LogP contribution in [0.5, 0.6) is 5.75 Å². The third kappa shape index (κ3) is 5.42. The minimum absolute atomic E-state index is 0. The van der Waals surface area contributed by atoms with Crippen molar-refractivity contribution in [3.05, 3.63) is 64.1 Å². The van der Waals surface area contributed by atoms with Gasteiger partial charge in [0.05, 0.1) is 16.7 Å². The van der Waals surface area contributed by atoms with Crippen molar-refractivity contribution in [1.29, 1.82) is 0 Å². The zero-order valence-electron chi connectivity index (χ0n) is 14.4. The summed E-state index contributed by atoms with van der Waals surface area (Å²) in [4.78, 5) is 10.4. The molecule has 144 valence electrons. The van der Waals surface area contributed by atoms with E-state index in [9.17, 15) is 0 Å². The highest BCUT2D eigenvalue weighted by Crippen LogP contribution is 2.27. The van der Waals surface area contributed by atoms with Crippen LogP contribution >= 0.6 is 35.6 Å². The molecular formula is C18H20Cl3N5O. The zero-order valence-corrected chi connectivity index (χ0v) is 16.7. The van der Waals surface area contributed by atoms with Crippen LogP contribution in [0.4, 0.5) is 0 Å². The van der Waals surface area contributed by atoms with Crippen LogP contribution in [0.25, 0.3) is 0 Å². The lowest BCUT2D eigenvalue weighted by atomic mass is 10.1. The lowest BCUT2D eigenvalue weighted by Crippen LogP contribution is -2.44. The van der Waals surface area contributed by atoms with E-state index in [-0.39, 0.29) is 24.5 Å². The molecular weight excluding hydrogens is 409 g/mol. The maximum Gasteiger partial charge on any atom is 0.220 e. The molecule has 4 N–H and O–H groups in total. The molecule has 1 heterocycles. The molecule has 2 aromatic rings. The van der Waals surface area contributed by atoms with E-state index in [1.54, 1.807) is 18.2 Å². The molecule has 1 aliphatic heterocycles. The maximum atomic E-state index is 6.07. The summed E-state index contributed by atoms with van der Waals surface area (Å²) in [7, 11) is 0. The summed E-state index contributed by atoms with van der Waals surface area (Å²) >= 11 is 11.9. The number of hydrogen-bond acceptors (Lipinski definition) is 6. The lowest BCUT2D eigenvalue weighted by molar-refractivity contribution is 0.258. The van der Waals surface area contributed by atoms with Crippen LogP contribution < -0.4 is 16.2 Å². The van der Waals surface area contributed by atoms with Crippen LogP contribution in [0.15, 0.2) is 58.5 Å². The predicted molar refractivity (Wildman–Crippen MR) is 113 cm³/mol. The SMILES string of the molecule is Cl.NC1=NC(c2ccccc2)N(CCCOc2ccc(Cl)c(Cl)c2)C(N)=N1. The van der Waals surface area contributed by atoms with Gasteiger partial charge in [0, 0.05) is 12.6 Å². The van der Waals surface area contributed by atoms with Crippen molar-refractivity contribution in [2.75, 3.05) is 13.2 Å². The Balaban J connectivity index is 0.00000261. The van der Waals surface area contributed by atoms with Crippen molar-refractivity contribution in [2.24, 2.45) is 21.5 Å². The minimum Gasteiger partial charge on any atom is -0.493 e. The number of ether oxygens (including phenoxy) is 1. The van der Waals surface area contributed by atoms with Crippen molar-refractivity contribution < 1.29 is 4.74 Å². The van der Waals surface area contributed by atoms with Gasteiger partial charge in [-0.15, -0.1) is 12.4 Å². The Morgan fingerprint density at radius 1 is 1.04 bits per heavy atom. The third-order valence-corrected chi connectivity index (χ3v) is 4.61. The van der Waals surface area contributed by atoms with Crippen molar-refractivity contribution in [1.82, 2.24) is 4.90 Å². The van der Waals surface area contributed by atoms with Crippen molar-refractivity contribution in [3.8, 4) is 5.75 Å². The van der Waals surface area contributed by atoms with E-state index in [2.05, 4.69) is 9.98 Å². The van der Waals surface area contributed by atoms with Crippen LogP contribution in [0.1, 0.15) is 18.2 Å². The first-order valence-corrected chi connectivity index (χ1v) is 8.87. The lowest BCUT2D eigenvalue weighted by Gasteiger charge is -2.32. The molecule has 9 heteroatoms. The van der Waals surface area contributed by atoms with E-state index in [0.717, 1.165) is 12.0 Å². The van der Waals surface area contributed by atoms with Crippen molar-refractivity contribution in [3.63, 3.8) is 0 Å². The summed E-state index contributed by atoms with van der Waals surface area (Å²) in [6.07, 6.45) is 0.425. The number of halogens is 3. The van der Waals surface area contributed by atoms with E-state index in [1.807, 2.05) is 35.2 Å². The second-order valence-electron chi connectivity index (χ2n) is 5.71. The monoisotopic (exact) mass is 427 g/mol. The van der Waals surface area contributed by atoms with E-state index < -0.39 is 0 Å². The fourth-order valence-corrected chi connectivity index (χ4v) is 2.93. The summed E-state index contributed by atoms with van der Waals surface area (Å²) in [5, 5.41) is 0.961. The van der Waals surface area contributed by atoms with Gasteiger partial charge in [-0.3, -0.25) is 0 Å². The second kappa shape index (κ2) is 9.69. The molecule has 0 saturated heterocycles. The number of benzene rings is 2. The normalized spacial score (nSPS) is 16.2. The first-order chi connectivity index (χ1) is 12.5. The Hall–Kier alpha value is -2.15. The van der Waals surface area contributed by atoms with E-state index in [4.69, 9.17) is 39.4 Å². The van der Waals surface area contributed by atoms with Gasteiger partial charge < -0.3 is 21.1 Å². The highest BCUT2D eigenvalue weighted by atomic mass is 35.5. The molecule has 0 bridgehead atoms. The van der Waals surface area contributed by atoms with Crippen molar-refractivity contribution >= 4 is 47.5 Å². The number of nitrogens with two attached hydrogens (primary N) is 2. The van der Waals surface area contributed by atoms with Gasteiger partial charge in [0.15, 0.2) is 6.17 Å². The standard InChI is InChI=1S/C18H19Cl2N5O.ClH/c19-14-8-7-13(11-15(14)20)26-10-4-9-25-16(12-5-2-1-3-6-12)23-17(21)24-18(25)22;/h1-3,5-8,11,16H,4,9-10H2,(H4,21,22,23,24);1H. The summed E-state index contributed by atoms with van der Waals surface area (Å²) in [6.45, 7) is 1.11. The molecule has 0 amide bonds. The van der Waals surface area contributed by atoms with Crippen LogP contribution in [0, 0.1) is 0 Å². The molecule has 0 fully saturated rings. The molecule has 0 aliphatic carbocycles. The van der Waals surface area contributed by atoms with Gasteiger partial charge in [-0.25, -0.2) is 4.99 Å². The molecule has 1 aliphatic rings. The molecule has 0 radical (unpaired) electrons. The first-order valence-electron chi connectivity index (χ1n) is 8.11.